The lowest BCUT2D eigenvalue weighted by molar-refractivity contribution is -0.137. The molecule has 2 heterocycles. The zero-order chi connectivity index (χ0) is 21.7. The molecule has 2 N–H and O–H groups in total. The van der Waals surface area contributed by atoms with E-state index in [0.717, 1.165) is 12.1 Å². The maximum atomic E-state index is 12.9. The number of halogens is 3. The van der Waals surface area contributed by atoms with Gasteiger partial charge in [-0.2, -0.15) is 13.2 Å². The fourth-order valence-corrected chi connectivity index (χ4v) is 3.09. The van der Waals surface area contributed by atoms with Crippen molar-refractivity contribution in [1.29, 1.82) is 0 Å². The van der Waals surface area contributed by atoms with Crippen LogP contribution in [-0.2, 0) is 15.8 Å². The van der Waals surface area contributed by atoms with Crippen LogP contribution in [0.1, 0.15) is 22.3 Å². The second-order valence-electron chi connectivity index (χ2n) is 6.74. The van der Waals surface area contributed by atoms with Crippen molar-refractivity contribution in [3.05, 3.63) is 59.9 Å². The van der Waals surface area contributed by atoms with Gasteiger partial charge in [-0.1, -0.05) is 6.07 Å². The van der Waals surface area contributed by atoms with Gasteiger partial charge in [0.05, 0.1) is 11.5 Å². The molecule has 1 saturated heterocycles. The molecule has 1 fully saturated rings. The molecule has 2 aromatic rings. The number of nitrogens with one attached hydrogen (secondary N) is 2. The molecule has 1 aliphatic heterocycles. The van der Waals surface area contributed by atoms with Gasteiger partial charge in [-0.3, -0.25) is 19.4 Å². The van der Waals surface area contributed by atoms with Gasteiger partial charge >= 0.3 is 6.18 Å². The van der Waals surface area contributed by atoms with Gasteiger partial charge in [0, 0.05) is 49.7 Å². The fraction of sp³-hybridized carbons (Fsp3) is 0.300. The van der Waals surface area contributed by atoms with Gasteiger partial charge in [0.25, 0.3) is 5.91 Å². The molecule has 0 bridgehead atoms. The number of carbonyl (C=O) groups is 3. The van der Waals surface area contributed by atoms with Gasteiger partial charge in [0.15, 0.2) is 0 Å². The van der Waals surface area contributed by atoms with Crippen LogP contribution in [0.15, 0.2) is 48.8 Å². The number of rotatable bonds is 6. The Kier molecular flexibility index (Phi) is 6.34. The summed E-state index contributed by atoms with van der Waals surface area (Å²) < 4.78 is 38.7. The third-order valence-electron chi connectivity index (χ3n) is 4.63. The smallest absolute Gasteiger partial charge is 0.354 e. The Bertz CT molecular complexity index is 934. The molecule has 0 aliphatic carbocycles. The Hall–Kier alpha value is -3.43. The first kappa shape index (κ1) is 21.3. The number of alkyl halides is 3. The summed E-state index contributed by atoms with van der Waals surface area (Å²) in [5.41, 5.74) is -0.310. The van der Waals surface area contributed by atoms with E-state index in [1.54, 1.807) is 12.1 Å². The number of pyridine rings is 1. The van der Waals surface area contributed by atoms with Crippen molar-refractivity contribution in [3.8, 4) is 0 Å². The number of amides is 3. The predicted octanol–water partition coefficient (Wildman–Crippen LogP) is 2.00. The van der Waals surface area contributed by atoms with Crippen molar-refractivity contribution in [2.24, 2.45) is 5.92 Å². The summed E-state index contributed by atoms with van der Waals surface area (Å²) in [5.74, 6) is -1.79. The third kappa shape index (κ3) is 5.13. The molecule has 0 saturated carbocycles. The molecule has 7 nitrogen and oxygen atoms in total. The van der Waals surface area contributed by atoms with Crippen molar-refractivity contribution in [1.82, 2.24) is 15.6 Å². The molecule has 10 heteroatoms. The Morgan fingerprint density at radius 3 is 2.50 bits per heavy atom. The molecular weight excluding hydrogens is 401 g/mol. The van der Waals surface area contributed by atoms with Crippen LogP contribution in [0.3, 0.4) is 0 Å². The van der Waals surface area contributed by atoms with Crippen LogP contribution < -0.4 is 15.5 Å². The zero-order valence-corrected chi connectivity index (χ0v) is 15.8. The summed E-state index contributed by atoms with van der Waals surface area (Å²) >= 11 is 0. The highest BCUT2D eigenvalue weighted by molar-refractivity contribution is 6.00. The molecule has 3 rings (SSSR count). The average Bonchev–Trinajstić information content (AvgIpc) is 3.13. The topological polar surface area (TPSA) is 91.4 Å². The predicted molar refractivity (Wildman–Crippen MR) is 101 cm³/mol. The largest absolute Gasteiger partial charge is 0.416 e. The Labute approximate surface area is 170 Å². The van der Waals surface area contributed by atoms with E-state index in [9.17, 15) is 27.6 Å². The van der Waals surface area contributed by atoms with Gasteiger partial charge in [-0.15, -0.1) is 0 Å². The van der Waals surface area contributed by atoms with Crippen molar-refractivity contribution in [2.75, 3.05) is 24.5 Å². The summed E-state index contributed by atoms with van der Waals surface area (Å²) in [4.78, 5) is 41.5. The second-order valence-corrected chi connectivity index (χ2v) is 6.74. The Morgan fingerprint density at radius 1 is 1.10 bits per heavy atom. The first-order valence-corrected chi connectivity index (χ1v) is 9.19. The first-order valence-electron chi connectivity index (χ1n) is 9.19. The zero-order valence-electron chi connectivity index (χ0n) is 15.8. The van der Waals surface area contributed by atoms with Gasteiger partial charge in [-0.25, -0.2) is 0 Å². The molecule has 1 aromatic carbocycles. The molecule has 0 radical (unpaired) electrons. The highest BCUT2D eigenvalue weighted by atomic mass is 19.4. The van der Waals surface area contributed by atoms with Crippen molar-refractivity contribution >= 4 is 23.4 Å². The summed E-state index contributed by atoms with van der Waals surface area (Å²) in [5, 5.41) is 5.28. The fourth-order valence-electron chi connectivity index (χ4n) is 3.09. The van der Waals surface area contributed by atoms with Crippen molar-refractivity contribution < 1.29 is 27.6 Å². The minimum Gasteiger partial charge on any atom is -0.354 e. The maximum absolute atomic E-state index is 12.9. The molecule has 3 amide bonds. The highest BCUT2D eigenvalue weighted by Crippen LogP contribution is 2.33. The van der Waals surface area contributed by atoms with Crippen molar-refractivity contribution in [3.63, 3.8) is 0 Å². The Balaban J connectivity index is 1.50. The van der Waals surface area contributed by atoms with Gasteiger partial charge in [0.2, 0.25) is 11.8 Å². The highest BCUT2D eigenvalue weighted by Gasteiger charge is 2.36. The van der Waals surface area contributed by atoms with Crippen LogP contribution in [0.25, 0.3) is 0 Å². The van der Waals surface area contributed by atoms with E-state index in [1.807, 2.05) is 0 Å². The van der Waals surface area contributed by atoms with Crippen LogP contribution >= 0.6 is 0 Å². The molecule has 1 unspecified atom stereocenters. The summed E-state index contributed by atoms with van der Waals surface area (Å²) in [6, 6.07) is 7.56. The van der Waals surface area contributed by atoms with Crippen LogP contribution in [0.5, 0.6) is 0 Å². The van der Waals surface area contributed by atoms with E-state index in [0.29, 0.717) is 5.56 Å². The number of hydrogen-bond acceptors (Lipinski definition) is 4. The quantitative estimate of drug-likeness (QED) is 0.700. The van der Waals surface area contributed by atoms with Crippen LogP contribution in [0.2, 0.25) is 0 Å². The van der Waals surface area contributed by atoms with Crippen LogP contribution in [-0.4, -0.2) is 42.3 Å². The SMILES string of the molecule is O=C(NCCNC(=O)C1CC(=O)N(c2cccc(C(F)(F)F)c2)C1)c1ccncc1. The van der Waals surface area contributed by atoms with Crippen LogP contribution in [0.4, 0.5) is 18.9 Å². The van der Waals surface area contributed by atoms with E-state index in [-0.39, 0.29) is 37.6 Å². The first-order chi connectivity index (χ1) is 14.3. The van der Waals surface area contributed by atoms with E-state index >= 15 is 0 Å². The normalized spacial score (nSPS) is 16.4. The molecular formula is C20H19F3N4O3. The molecule has 1 aromatic heterocycles. The van der Waals surface area contributed by atoms with E-state index in [1.165, 1.54) is 29.4 Å². The maximum Gasteiger partial charge on any atom is 0.416 e. The minimum atomic E-state index is -4.52. The number of hydrogen-bond donors (Lipinski definition) is 2. The lowest BCUT2D eigenvalue weighted by Crippen LogP contribution is -2.38. The number of nitrogens with zero attached hydrogens (tertiary/aromatic N) is 2. The van der Waals surface area contributed by atoms with Gasteiger partial charge < -0.3 is 15.5 Å². The minimum absolute atomic E-state index is 0.00461. The standard InChI is InChI=1S/C20H19F3N4O3/c21-20(22,23)15-2-1-3-16(11-15)27-12-14(10-17(27)28)19(30)26-9-8-25-18(29)13-4-6-24-7-5-13/h1-7,11,14H,8-10,12H2,(H,25,29)(H,26,30). The molecule has 1 atom stereocenters. The Morgan fingerprint density at radius 2 is 1.80 bits per heavy atom. The number of aromatic nitrogens is 1. The van der Waals surface area contributed by atoms with Gasteiger partial charge in [-0.05, 0) is 30.3 Å². The lowest BCUT2D eigenvalue weighted by atomic mass is 10.1. The van der Waals surface area contributed by atoms with E-state index in [4.69, 9.17) is 0 Å². The summed E-state index contributed by atoms with van der Waals surface area (Å²) in [6.07, 6.45) is -1.63. The van der Waals surface area contributed by atoms with Crippen molar-refractivity contribution in [2.45, 2.75) is 12.6 Å². The number of carbonyl (C=O) groups excluding carboxylic acids is 3. The monoisotopic (exact) mass is 420 g/mol. The molecule has 30 heavy (non-hydrogen) atoms. The van der Waals surface area contributed by atoms with Gasteiger partial charge in [0.1, 0.15) is 0 Å². The molecule has 1 aliphatic rings. The average molecular weight is 420 g/mol. The number of anilines is 1. The van der Waals surface area contributed by atoms with Crippen LogP contribution in [0, 0.1) is 5.92 Å². The molecule has 158 valence electrons. The summed E-state index contributed by atoms with van der Waals surface area (Å²) in [7, 11) is 0. The third-order valence-corrected chi connectivity index (χ3v) is 4.63. The second kappa shape index (κ2) is 8.93. The summed E-state index contributed by atoms with van der Waals surface area (Å²) in [6.45, 7) is 0.337. The van der Waals surface area contributed by atoms with E-state index < -0.39 is 29.5 Å². The van der Waals surface area contributed by atoms with E-state index in [2.05, 4.69) is 15.6 Å². The lowest BCUT2D eigenvalue weighted by Gasteiger charge is -2.18. The molecule has 0 spiro atoms. The number of benzene rings is 1.